The summed E-state index contributed by atoms with van der Waals surface area (Å²) in [6, 6.07) is 27.7. The van der Waals surface area contributed by atoms with Gasteiger partial charge in [-0.2, -0.15) is 0 Å². The molecule has 58 heavy (non-hydrogen) atoms. The number of aryl methyl sites for hydroxylation is 2. The Bertz CT molecular complexity index is 2010. The minimum absolute atomic E-state index is 0.0721. The van der Waals surface area contributed by atoms with Gasteiger partial charge in [0.15, 0.2) is 0 Å². The van der Waals surface area contributed by atoms with Crippen LogP contribution in [0.5, 0.6) is 5.75 Å². The maximum atomic E-state index is 13.1. The van der Waals surface area contributed by atoms with Crippen molar-refractivity contribution in [2.24, 2.45) is 11.8 Å². The fraction of sp³-hybridized carbons (Fsp3) is 0.520. The largest absolute Gasteiger partial charge is 0.493 e. The van der Waals surface area contributed by atoms with E-state index < -0.39 is 11.5 Å². The van der Waals surface area contributed by atoms with Gasteiger partial charge >= 0.3 is 5.97 Å². The molecule has 0 amide bonds. The molecule has 1 aromatic heterocycles. The number of benzene rings is 3. The first-order chi connectivity index (χ1) is 28.2. The van der Waals surface area contributed by atoms with Crippen molar-refractivity contribution in [2.45, 2.75) is 114 Å². The number of rotatable bonds is 15. The van der Waals surface area contributed by atoms with Crippen LogP contribution in [0, 0.1) is 11.8 Å². The van der Waals surface area contributed by atoms with Gasteiger partial charge in [0.1, 0.15) is 11.3 Å². The summed E-state index contributed by atoms with van der Waals surface area (Å²) in [7, 11) is 0. The number of carboxylic acids is 1. The Labute approximate surface area is 351 Å². The van der Waals surface area contributed by atoms with E-state index in [1.54, 1.807) is 0 Å². The molecule has 7 nitrogen and oxygen atoms in total. The van der Waals surface area contributed by atoms with Crippen LogP contribution in [-0.2, 0) is 36.0 Å². The highest BCUT2D eigenvalue weighted by atomic mass is 35.5. The van der Waals surface area contributed by atoms with Gasteiger partial charge in [-0.25, -0.2) is 4.79 Å². The number of aliphatic carboxylic acids is 1. The summed E-state index contributed by atoms with van der Waals surface area (Å²) in [6.45, 7) is 11.9. The third kappa shape index (κ3) is 9.12. The summed E-state index contributed by atoms with van der Waals surface area (Å²) < 4.78 is 6.65. The van der Waals surface area contributed by atoms with Crippen molar-refractivity contribution < 1.29 is 14.6 Å². The summed E-state index contributed by atoms with van der Waals surface area (Å²) in [6.07, 6.45) is 13.8. The lowest BCUT2D eigenvalue weighted by Crippen LogP contribution is -2.53. The van der Waals surface area contributed by atoms with Gasteiger partial charge in [-0.1, -0.05) is 80.0 Å². The Hall–Kier alpha value is -3.91. The van der Waals surface area contributed by atoms with Gasteiger partial charge in [0.05, 0.1) is 6.61 Å². The Morgan fingerprint density at radius 3 is 2.52 bits per heavy atom. The van der Waals surface area contributed by atoms with Crippen LogP contribution in [0.2, 0.25) is 5.02 Å². The fourth-order valence-electron chi connectivity index (χ4n) is 11.0. The third-order valence-corrected chi connectivity index (χ3v) is 14.5. The number of nitrogens with one attached hydrogen (secondary N) is 1. The van der Waals surface area contributed by atoms with Crippen molar-refractivity contribution in [1.29, 1.82) is 0 Å². The second-order valence-corrected chi connectivity index (χ2v) is 18.7. The molecule has 2 N–H and O–H groups in total. The number of hydrogen-bond acceptors (Lipinski definition) is 6. The molecule has 308 valence electrons. The number of carboxylic acid groups (broad SMARTS) is 1. The predicted octanol–water partition coefficient (Wildman–Crippen LogP) is 10.3. The number of anilines is 1. The molecule has 1 saturated heterocycles. The number of aromatic nitrogens is 1. The number of ether oxygens (including phenoxy) is 1. The highest BCUT2D eigenvalue weighted by molar-refractivity contribution is 6.30. The first kappa shape index (κ1) is 40.9. The molecule has 2 heterocycles. The Morgan fingerprint density at radius 1 is 0.948 bits per heavy atom. The summed E-state index contributed by atoms with van der Waals surface area (Å²) >= 11 is 6.35. The monoisotopic (exact) mass is 802 g/mol. The van der Waals surface area contributed by atoms with Crippen molar-refractivity contribution in [1.82, 2.24) is 14.8 Å². The molecule has 1 aliphatic heterocycles. The lowest BCUT2D eigenvalue weighted by atomic mass is 9.59. The topological polar surface area (TPSA) is 77.9 Å². The van der Waals surface area contributed by atoms with Crippen LogP contribution < -0.4 is 10.1 Å². The summed E-state index contributed by atoms with van der Waals surface area (Å²) in [4.78, 5) is 23.1. The Kier molecular flexibility index (Phi) is 12.8. The highest BCUT2D eigenvalue weighted by Gasteiger charge is 2.54. The van der Waals surface area contributed by atoms with Crippen molar-refractivity contribution in [3.63, 3.8) is 0 Å². The van der Waals surface area contributed by atoms with Crippen LogP contribution in [0.15, 0.2) is 85.1 Å². The molecule has 1 saturated carbocycles. The molecule has 2 fully saturated rings. The number of halogens is 1. The van der Waals surface area contributed by atoms with E-state index in [0.717, 1.165) is 82.7 Å². The summed E-state index contributed by atoms with van der Waals surface area (Å²) in [5, 5.41) is 14.8. The molecular formula is C50H63ClN4O3. The van der Waals surface area contributed by atoms with E-state index in [2.05, 4.69) is 83.6 Å². The molecule has 4 aliphatic rings. The van der Waals surface area contributed by atoms with E-state index in [1.165, 1.54) is 65.7 Å². The quantitative estimate of drug-likeness (QED) is 0.116. The summed E-state index contributed by atoms with van der Waals surface area (Å²) in [5.74, 6) is 1.48. The molecule has 4 aromatic rings. The van der Waals surface area contributed by atoms with E-state index >= 15 is 0 Å². The van der Waals surface area contributed by atoms with E-state index in [4.69, 9.17) is 21.3 Å². The van der Waals surface area contributed by atoms with Gasteiger partial charge in [0.25, 0.3) is 0 Å². The normalized spacial score (nSPS) is 25.2. The number of pyridine rings is 1. The molecule has 1 unspecified atom stereocenters. The molecule has 0 bridgehead atoms. The number of unbranched alkanes of at least 4 members (excludes halogenated alkanes) is 1. The van der Waals surface area contributed by atoms with Crippen LogP contribution >= 0.6 is 11.6 Å². The van der Waals surface area contributed by atoms with Crippen molar-refractivity contribution >= 4 is 23.3 Å². The van der Waals surface area contributed by atoms with Crippen molar-refractivity contribution in [2.75, 3.05) is 44.6 Å². The second kappa shape index (κ2) is 18.1. The van der Waals surface area contributed by atoms with Crippen LogP contribution in [0.1, 0.15) is 111 Å². The van der Waals surface area contributed by atoms with Crippen molar-refractivity contribution in [3.8, 4) is 5.75 Å². The van der Waals surface area contributed by atoms with Gasteiger partial charge in [-0.05, 0) is 153 Å². The maximum absolute atomic E-state index is 13.1. The molecule has 3 aliphatic carbocycles. The zero-order valence-corrected chi connectivity index (χ0v) is 35.5. The van der Waals surface area contributed by atoms with Crippen molar-refractivity contribution in [3.05, 3.63) is 124 Å². The Balaban J connectivity index is 0.953. The number of fused-ring (bicyclic) bond motifs is 3. The minimum Gasteiger partial charge on any atom is -0.493 e. The standard InChI is InChI=1S/C50H63ClN4O3/c1-36(35-58-46-19-24-52-45-16-8-10-37(2)47(45)46)30-41-32-40-18-17-39(34-55-28-26-54(27-29-55)25-7-6-13-38-11-4-3-5-12-38)31-44(40)49(41)20-22-50(23-21-49,48(56)57)53-43-15-9-14-42(51)33-43/h3-5,9,11-12,14-15,17-19,24,31,33,36-37,41,53H,6-8,10,13,16,20-23,25-30,32,34-35H2,1-2H3,(H,56,57)/t36-,37-,41?,49?,50?/m1/s1. The minimum atomic E-state index is -1.03. The zero-order valence-electron chi connectivity index (χ0n) is 34.7. The fourth-order valence-corrected chi connectivity index (χ4v) is 11.2. The van der Waals surface area contributed by atoms with Gasteiger partial charge < -0.3 is 20.1 Å². The molecule has 3 atom stereocenters. The number of piperazine rings is 1. The average molecular weight is 804 g/mol. The Morgan fingerprint density at radius 2 is 1.74 bits per heavy atom. The average Bonchev–Trinajstić information content (AvgIpc) is 3.51. The summed E-state index contributed by atoms with van der Waals surface area (Å²) in [5.41, 5.74) is 7.92. The molecule has 0 radical (unpaired) electrons. The SMILES string of the molecule is C[C@@H](COc1ccnc2c1[C@H](C)CCC2)CC1Cc2ccc(CN3CCN(CCCCc4ccccc4)CC3)cc2C12CCC(Nc1cccc(Cl)c1)(C(=O)O)CC2. The number of hydrogen-bond donors (Lipinski definition) is 2. The molecule has 8 heteroatoms. The highest BCUT2D eigenvalue weighted by Crippen LogP contribution is 2.56. The van der Waals surface area contributed by atoms with Crippen LogP contribution in [0.3, 0.4) is 0 Å². The van der Waals surface area contributed by atoms with Gasteiger partial charge in [0, 0.05) is 60.9 Å². The van der Waals surface area contributed by atoms with E-state index in [0.29, 0.717) is 42.2 Å². The van der Waals surface area contributed by atoms with Crippen LogP contribution in [0.25, 0.3) is 0 Å². The van der Waals surface area contributed by atoms with E-state index in [1.807, 2.05) is 30.5 Å². The smallest absolute Gasteiger partial charge is 0.329 e. The van der Waals surface area contributed by atoms with Crippen LogP contribution in [0.4, 0.5) is 5.69 Å². The molecule has 1 spiro atoms. The first-order valence-electron chi connectivity index (χ1n) is 22.2. The third-order valence-electron chi connectivity index (χ3n) is 14.3. The van der Waals surface area contributed by atoms with E-state index in [-0.39, 0.29) is 5.41 Å². The van der Waals surface area contributed by atoms with Gasteiger partial charge in [-0.15, -0.1) is 0 Å². The van der Waals surface area contributed by atoms with E-state index in [9.17, 15) is 9.90 Å². The van der Waals surface area contributed by atoms with Crippen LogP contribution in [-0.4, -0.2) is 70.7 Å². The molecule has 3 aromatic carbocycles. The second-order valence-electron chi connectivity index (χ2n) is 18.2. The lowest BCUT2D eigenvalue weighted by molar-refractivity contribution is -0.144. The van der Waals surface area contributed by atoms with Gasteiger partial charge in [0.2, 0.25) is 0 Å². The predicted molar refractivity (Wildman–Crippen MR) is 235 cm³/mol. The zero-order chi connectivity index (χ0) is 40.1. The maximum Gasteiger partial charge on any atom is 0.329 e. The lowest BCUT2D eigenvalue weighted by Gasteiger charge is -2.47. The number of carbonyl (C=O) groups is 1. The number of nitrogens with zero attached hydrogens (tertiary/aromatic N) is 3. The van der Waals surface area contributed by atoms with Gasteiger partial charge in [-0.3, -0.25) is 9.88 Å². The first-order valence-corrected chi connectivity index (χ1v) is 22.6. The molecular weight excluding hydrogens is 740 g/mol. The molecule has 8 rings (SSSR count).